The second-order valence-corrected chi connectivity index (χ2v) is 11.1. The molecule has 0 spiro atoms. The van der Waals surface area contributed by atoms with Gasteiger partial charge in [-0.15, -0.1) is 0 Å². The van der Waals surface area contributed by atoms with Crippen molar-refractivity contribution < 1.29 is 9.67 Å². The second kappa shape index (κ2) is 8.64. The molecule has 0 bridgehead atoms. The molecule has 1 N–H and O–H groups in total. The zero-order valence-electron chi connectivity index (χ0n) is 12.9. The number of hydrogen-bond acceptors (Lipinski definition) is 4. The maximum Gasteiger partial charge on any atom is 0.222 e. The Morgan fingerprint density at radius 2 is 1.42 bits per heavy atom. The summed E-state index contributed by atoms with van der Waals surface area (Å²) in [4.78, 5) is 8.42. The van der Waals surface area contributed by atoms with Gasteiger partial charge in [0.1, 0.15) is 7.14 Å². The summed E-state index contributed by atoms with van der Waals surface area (Å²) in [5, 5.41) is 10.4. The molecule has 0 amide bonds. The van der Waals surface area contributed by atoms with Crippen LogP contribution in [0.2, 0.25) is 0 Å². The van der Waals surface area contributed by atoms with Crippen molar-refractivity contribution >= 4 is 41.9 Å². The lowest BCUT2D eigenvalue weighted by molar-refractivity contribution is 0.251. The van der Waals surface area contributed by atoms with E-state index in [4.69, 9.17) is 34.8 Å². The Kier molecular flexibility index (Phi) is 7.09. The Hall–Kier alpha value is -0.640. The molecule has 0 saturated heterocycles. The second-order valence-electron chi connectivity index (χ2n) is 5.46. The number of nitrogens with zero attached hydrogens (tertiary/aromatic N) is 2. The monoisotopic (exact) mass is 406 g/mol. The normalized spacial score (nSPS) is 13.7. The SMILES string of the molecule is O=P(CCc1ccccn1)(CCc1ccccn1)C(O)C(Cl)(Cl)Cl. The zero-order chi connectivity index (χ0) is 17.6. The third-order valence-electron chi connectivity index (χ3n) is 3.68. The average molecular weight is 408 g/mol. The molecular formula is C16H18Cl3N2O2P. The quantitative estimate of drug-likeness (QED) is 0.548. The van der Waals surface area contributed by atoms with Gasteiger partial charge >= 0.3 is 0 Å². The lowest BCUT2D eigenvalue weighted by Crippen LogP contribution is -2.28. The summed E-state index contributed by atoms with van der Waals surface area (Å²) >= 11 is 17.4. The van der Waals surface area contributed by atoms with Crippen LogP contribution in [0.3, 0.4) is 0 Å². The molecule has 2 rings (SSSR count). The fourth-order valence-electron chi connectivity index (χ4n) is 2.32. The first-order valence-electron chi connectivity index (χ1n) is 7.44. The van der Waals surface area contributed by atoms with Gasteiger partial charge in [0.2, 0.25) is 3.79 Å². The molecule has 1 atom stereocenters. The van der Waals surface area contributed by atoms with E-state index in [1.807, 2.05) is 24.3 Å². The standard InChI is InChI=1S/C16H18Cl3N2O2P/c17-16(18,19)15(22)24(23,11-7-13-5-1-3-9-20-13)12-8-14-6-2-4-10-21-14/h1-6,9-10,15,22H,7-8,11-12H2. The molecule has 24 heavy (non-hydrogen) atoms. The van der Waals surface area contributed by atoms with E-state index in [0.29, 0.717) is 12.8 Å². The van der Waals surface area contributed by atoms with Gasteiger partial charge in [0.15, 0.2) is 5.85 Å². The Morgan fingerprint density at radius 1 is 0.958 bits per heavy atom. The third-order valence-corrected chi connectivity index (χ3v) is 8.00. The van der Waals surface area contributed by atoms with E-state index in [9.17, 15) is 9.67 Å². The molecule has 2 heterocycles. The summed E-state index contributed by atoms with van der Waals surface area (Å²) in [5.41, 5.74) is 1.57. The van der Waals surface area contributed by atoms with Crippen molar-refractivity contribution in [3.8, 4) is 0 Å². The number of aryl methyl sites for hydroxylation is 2. The highest BCUT2D eigenvalue weighted by Crippen LogP contribution is 2.57. The molecule has 0 aliphatic rings. The summed E-state index contributed by atoms with van der Waals surface area (Å²) in [6, 6.07) is 11.0. The van der Waals surface area contributed by atoms with Gasteiger partial charge in [-0.1, -0.05) is 46.9 Å². The molecule has 2 aromatic rings. The van der Waals surface area contributed by atoms with Crippen molar-refractivity contribution in [1.82, 2.24) is 9.97 Å². The fraction of sp³-hybridized carbons (Fsp3) is 0.375. The van der Waals surface area contributed by atoms with Gasteiger partial charge in [-0.3, -0.25) is 9.97 Å². The summed E-state index contributed by atoms with van der Waals surface area (Å²) in [6.07, 6.45) is 4.65. The number of pyridine rings is 2. The van der Waals surface area contributed by atoms with Gasteiger partial charge in [0, 0.05) is 36.1 Å². The van der Waals surface area contributed by atoms with Crippen molar-refractivity contribution in [3.63, 3.8) is 0 Å². The van der Waals surface area contributed by atoms with Gasteiger partial charge < -0.3 is 9.67 Å². The lowest BCUT2D eigenvalue weighted by atomic mass is 10.3. The van der Waals surface area contributed by atoms with Crippen molar-refractivity contribution in [2.75, 3.05) is 12.3 Å². The van der Waals surface area contributed by atoms with Crippen molar-refractivity contribution in [2.24, 2.45) is 0 Å². The Bertz CT molecular complexity index is 633. The maximum atomic E-state index is 13.3. The minimum atomic E-state index is -3.18. The third kappa shape index (κ3) is 5.72. The van der Waals surface area contributed by atoms with Crippen LogP contribution in [0.25, 0.3) is 0 Å². The molecule has 0 radical (unpaired) electrons. The van der Waals surface area contributed by atoms with Crippen LogP contribution in [-0.4, -0.2) is 37.0 Å². The van der Waals surface area contributed by atoms with E-state index < -0.39 is 16.8 Å². The van der Waals surface area contributed by atoms with Crippen molar-refractivity contribution in [2.45, 2.75) is 22.5 Å². The molecule has 130 valence electrons. The van der Waals surface area contributed by atoms with Crippen LogP contribution in [-0.2, 0) is 17.4 Å². The number of halogens is 3. The van der Waals surface area contributed by atoms with E-state index in [2.05, 4.69) is 9.97 Å². The topological polar surface area (TPSA) is 63.1 Å². The first-order valence-corrected chi connectivity index (χ1v) is 10.7. The van der Waals surface area contributed by atoms with Crippen LogP contribution in [0, 0.1) is 0 Å². The average Bonchev–Trinajstić information content (AvgIpc) is 2.58. The highest BCUT2D eigenvalue weighted by Gasteiger charge is 2.44. The number of aliphatic hydroxyl groups excluding tert-OH is 1. The molecule has 4 nitrogen and oxygen atoms in total. The number of aromatic nitrogens is 2. The molecule has 0 saturated carbocycles. The highest BCUT2D eigenvalue weighted by molar-refractivity contribution is 7.64. The van der Waals surface area contributed by atoms with Gasteiger partial charge in [0.25, 0.3) is 0 Å². The minimum Gasteiger partial charge on any atom is -0.381 e. The Balaban J connectivity index is 2.13. The van der Waals surface area contributed by atoms with Crippen LogP contribution < -0.4 is 0 Å². The van der Waals surface area contributed by atoms with Crippen molar-refractivity contribution in [1.29, 1.82) is 0 Å². The predicted molar refractivity (Wildman–Crippen MR) is 99.5 cm³/mol. The minimum absolute atomic E-state index is 0.214. The lowest BCUT2D eigenvalue weighted by Gasteiger charge is -2.28. The van der Waals surface area contributed by atoms with E-state index in [1.165, 1.54) is 0 Å². The Labute approximate surface area is 156 Å². The van der Waals surface area contributed by atoms with Crippen LogP contribution in [0.15, 0.2) is 48.8 Å². The molecule has 0 aliphatic carbocycles. The zero-order valence-corrected chi connectivity index (χ0v) is 16.0. The number of aliphatic hydroxyl groups is 1. The summed E-state index contributed by atoms with van der Waals surface area (Å²) in [7, 11) is -3.18. The van der Waals surface area contributed by atoms with Crippen molar-refractivity contribution in [3.05, 3.63) is 60.2 Å². The molecule has 1 unspecified atom stereocenters. The van der Waals surface area contributed by atoms with Crippen LogP contribution in [0.5, 0.6) is 0 Å². The van der Waals surface area contributed by atoms with Gasteiger partial charge in [-0.2, -0.15) is 0 Å². The number of alkyl halides is 3. The summed E-state index contributed by atoms with van der Waals surface area (Å²) < 4.78 is 11.4. The van der Waals surface area contributed by atoms with Gasteiger partial charge in [-0.05, 0) is 37.1 Å². The van der Waals surface area contributed by atoms with Gasteiger partial charge in [-0.25, -0.2) is 0 Å². The Morgan fingerprint density at radius 3 is 1.75 bits per heavy atom. The molecule has 2 aromatic heterocycles. The highest BCUT2D eigenvalue weighted by atomic mass is 35.6. The largest absolute Gasteiger partial charge is 0.381 e. The van der Waals surface area contributed by atoms with E-state index in [-0.39, 0.29) is 12.3 Å². The van der Waals surface area contributed by atoms with E-state index in [1.54, 1.807) is 24.5 Å². The fourth-order valence-corrected chi connectivity index (χ4v) is 6.38. The summed E-state index contributed by atoms with van der Waals surface area (Å²) in [5.74, 6) is -1.53. The number of rotatable bonds is 7. The van der Waals surface area contributed by atoms with E-state index >= 15 is 0 Å². The molecular weight excluding hydrogens is 390 g/mol. The summed E-state index contributed by atoms with van der Waals surface area (Å²) in [6.45, 7) is 0. The predicted octanol–water partition coefficient (Wildman–Crippen LogP) is 4.31. The van der Waals surface area contributed by atoms with Crippen LogP contribution >= 0.6 is 41.9 Å². The maximum absolute atomic E-state index is 13.3. The molecule has 8 heteroatoms. The smallest absolute Gasteiger partial charge is 0.222 e. The first-order chi connectivity index (χ1) is 11.3. The molecule has 0 fully saturated rings. The number of hydrogen-bond donors (Lipinski definition) is 1. The molecule has 0 aliphatic heterocycles. The van der Waals surface area contributed by atoms with Gasteiger partial charge in [0.05, 0.1) is 0 Å². The first kappa shape index (κ1) is 19.7. The van der Waals surface area contributed by atoms with E-state index in [0.717, 1.165) is 11.4 Å². The van der Waals surface area contributed by atoms with Crippen LogP contribution in [0.4, 0.5) is 0 Å². The van der Waals surface area contributed by atoms with Crippen LogP contribution in [0.1, 0.15) is 11.4 Å². The molecule has 0 aromatic carbocycles.